The Bertz CT molecular complexity index is 1370. The highest BCUT2D eigenvalue weighted by Gasteiger charge is 2.63. The summed E-state index contributed by atoms with van der Waals surface area (Å²) in [4.78, 5) is 28.0. The number of alkyl halides is 5. The van der Waals surface area contributed by atoms with Crippen LogP contribution >= 0.6 is 0 Å². The fraction of sp³-hybridized carbons (Fsp3) is 0.576. The quantitative estimate of drug-likeness (QED) is 0.291. The molecule has 7 nitrogen and oxygen atoms in total. The summed E-state index contributed by atoms with van der Waals surface area (Å²) in [7, 11) is 0. The predicted molar refractivity (Wildman–Crippen MR) is 157 cm³/mol. The maximum atomic E-state index is 13.9. The molecule has 45 heavy (non-hydrogen) atoms. The van der Waals surface area contributed by atoms with E-state index in [9.17, 15) is 36.6 Å². The van der Waals surface area contributed by atoms with Crippen LogP contribution in [0, 0.1) is 11.3 Å². The fourth-order valence-electron chi connectivity index (χ4n) is 6.90. The first-order valence-electron chi connectivity index (χ1n) is 15.2. The summed E-state index contributed by atoms with van der Waals surface area (Å²) in [6, 6.07) is 13.0. The topological polar surface area (TPSA) is 88.1 Å². The third-order valence-electron chi connectivity index (χ3n) is 9.54. The monoisotopic (exact) mass is 638 g/mol. The number of amides is 2. The number of hydrogen-bond acceptors (Lipinski definition) is 5. The van der Waals surface area contributed by atoms with E-state index in [4.69, 9.17) is 4.74 Å². The number of hydrogen-bond donors (Lipinski definition) is 2. The SMILES string of the molecule is CC(C)(C)OC(=O)NC12CCC(CN(C(=O)C3CC(O)(C(F)(F)F)C3)c3cccc(-c4ccc(OC(F)F)cc4)c3)(CC1)CC2. The number of nitrogens with one attached hydrogen (secondary N) is 1. The molecule has 0 aromatic heterocycles. The number of fused-ring (bicyclic) bond motifs is 3. The largest absolute Gasteiger partial charge is 0.444 e. The molecule has 0 radical (unpaired) electrons. The van der Waals surface area contributed by atoms with Gasteiger partial charge in [0.15, 0.2) is 5.60 Å². The Labute approximate surface area is 259 Å². The number of ether oxygens (including phenoxy) is 2. The zero-order chi connectivity index (χ0) is 32.8. The first kappa shape index (κ1) is 33.0. The van der Waals surface area contributed by atoms with Gasteiger partial charge in [-0.05, 0) is 113 Å². The molecule has 0 saturated heterocycles. The molecular weight excluding hydrogens is 599 g/mol. The molecule has 12 heteroatoms. The van der Waals surface area contributed by atoms with Gasteiger partial charge in [0.25, 0.3) is 0 Å². The van der Waals surface area contributed by atoms with Gasteiger partial charge in [-0.15, -0.1) is 0 Å². The second kappa shape index (κ2) is 11.7. The van der Waals surface area contributed by atoms with Crippen molar-refractivity contribution in [2.45, 2.75) is 102 Å². The molecule has 246 valence electrons. The van der Waals surface area contributed by atoms with Crippen molar-refractivity contribution in [3.05, 3.63) is 48.5 Å². The molecule has 6 rings (SSSR count). The molecule has 0 atom stereocenters. The smallest absolute Gasteiger partial charge is 0.417 e. The van der Waals surface area contributed by atoms with Crippen LogP contribution in [0.1, 0.15) is 72.1 Å². The van der Waals surface area contributed by atoms with Crippen molar-refractivity contribution in [2.24, 2.45) is 11.3 Å². The van der Waals surface area contributed by atoms with Crippen LogP contribution in [-0.4, -0.2) is 53.2 Å². The van der Waals surface area contributed by atoms with Gasteiger partial charge in [-0.1, -0.05) is 24.3 Å². The van der Waals surface area contributed by atoms with E-state index in [0.717, 1.165) is 0 Å². The van der Waals surface area contributed by atoms with E-state index >= 15 is 0 Å². The average molecular weight is 639 g/mol. The summed E-state index contributed by atoms with van der Waals surface area (Å²) in [5.74, 6) is -1.48. The Balaban J connectivity index is 1.37. The van der Waals surface area contributed by atoms with Crippen LogP contribution in [0.4, 0.5) is 32.4 Å². The number of carbonyl (C=O) groups is 2. The first-order valence-corrected chi connectivity index (χ1v) is 15.2. The van der Waals surface area contributed by atoms with Crippen LogP contribution < -0.4 is 15.0 Å². The summed E-state index contributed by atoms with van der Waals surface area (Å²) in [5, 5.41) is 13.2. The molecule has 0 unspecified atom stereocenters. The summed E-state index contributed by atoms with van der Waals surface area (Å²) in [6.45, 7) is 2.71. The van der Waals surface area contributed by atoms with E-state index in [1.54, 1.807) is 62.1 Å². The lowest BCUT2D eigenvalue weighted by atomic mass is 9.57. The molecule has 2 aromatic carbocycles. The van der Waals surface area contributed by atoms with Crippen molar-refractivity contribution >= 4 is 17.7 Å². The van der Waals surface area contributed by atoms with Gasteiger partial charge in [-0.3, -0.25) is 4.79 Å². The van der Waals surface area contributed by atoms with E-state index in [1.807, 2.05) is 0 Å². The highest BCUT2D eigenvalue weighted by molar-refractivity contribution is 5.96. The minimum absolute atomic E-state index is 0.00484. The summed E-state index contributed by atoms with van der Waals surface area (Å²) >= 11 is 0. The highest BCUT2D eigenvalue weighted by Crippen LogP contribution is 2.54. The molecule has 0 aliphatic heterocycles. The van der Waals surface area contributed by atoms with Crippen LogP contribution in [0.5, 0.6) is 5.75 Å². The molecule has 2 amide bonds. The van der Waals surface area contributed by atoms with Gasteiger partial charge in [0.2, 0.25) is 5.91 Å². The maximum absolute atomic E-state index is 13.9. The molecule has 4 saturated carbocycles. The van der Waals surface area contributed by atoms with Gasteiger partial charge in [-0.2, -0.15) is 22.0 Å². The van der Waals surface area contributed by atoms with Crippen molar-refractivity contribution < 1.29 is 46.1 Å². The van der Waals surface area contributed by atoms with Crippen molar-refractivity contribution in [1.82, 2.24) is 5.32 Å². The Morgan fingerprint density at radius 1 is 0.956 bits per heavy atom. The number of aliphatic hydroxyl groups is 1. The second-order valence-electron chi connectivity index (χ2n) is 13.9. The molecule has 2 bridgehead atoms. The van der Waals surface area contributed by atoms with Crippen molar-refractivity contribution in [3.8, 4) is 16.9 Å². The average Bonchev–Trinajstić information content (AvgIpc) is 2.93. The predicted octanol–water partition coefficient (Wildman–Crippen LogP) is 7.61. The maximum Gasteiger partial charge on any atom is 0.417 e. The zero-order valence-electron chi connectivity index (χ0n) is 25.6. The van der Waals surface area contributed by atoms with Gasteiger partial charge in [0.05, 0.1) is 0 Å². The van der Waals surface area contributed by atoms with Crippen molar-refractivity contribution in [1.29, 1.82) is 0 Å². The molecular formula is C33H39F5N2O5. The number of halogens is 5. The van der Waals surface area contributed by atoms with Gasteiger partial charge >= 0.3 is 18.9 Å². The van der Waals surface area contributed by atoms with Crippen LogP contribution in [0.25, 0.3) is 11.1 Å². The third kappa shape index (κ3) is 7.21. The lowest BCUT2D eigenvalue weighted by Crippen LogP contribution is -2.61. The minimum Gasteiger partial charge on any atom is -0.444 e. The van der Waals surface area contributed by atoms with Crippen LogP contribution in [0.3, 0.4) is 0 Å². The standard InChI is InChI=1S/C33H39F5N2O5/c1-29(2,3)45-28(42)39-31-14-11-30(12-15-31,13-16-31)20-40(26(41)23-18-32(43,19-23)33(36,37)38)24-6-4-5-22(17-24)21-7-9-25(10-8-21)44-27(34)35/h4-10,17,23,27,43H,11-16,18-20H2,1-3H3,(H,39,42). The summed E-state index contributed by atoms with van der Waals surface area (Å²) in [5.41, 5.74) is -2.38. The molecule has 4 aliphatic carbocycles. The third-order valence-corrected chi connectivity index (χ3v) is 9.54. The van der Waals surface area contributed by atoms with E-state index in [2.05, 4.69) is 10.1 Å². The van der Waals surface area contributed by atoms with Crippen LogP contribution in [-0.2, 0) is 9.53 Å². The summed E-state index contributed by atoms with van der Waals surface area (Å²) in [6.07, 6.45) is -2.55. The molecule has 0 spiro atoms. The molecule has 2 N–H and O–H groups in total. The van der Waals surface area contributed by atoms with Gasteiger partial charge < -0.3 is 24.8 Å². The van der Waals surface area contributed by atoms with Gasteiger partial charge in [0.1, 0.15) is 11.4 Å². The molecule has 0 heterocycles. The van der Waals surface area contributed by atoms with Gasteiger partial charge in [-0.25, -0.2) is 4.79 Å². The van der Waals surface area contributed by atoms with Crippen LogP contribution in [0.2, 0.25) is 0 Å². The minimum atomic E-state index is -4.83. The lowest BCUT2D eigenvalue weighted by Gasteiger charge is -2.55. The Kier molecular flexibility index (Phi) is 8.61. The van der Waals surface area contributed by atoms with Crippen molar-refractivity contribution in [2.75, 3.05) is 11.4 Å². The summed E-state index contributed by atoms with van der Waals surface area (Å²) < 4.78 is 75.4. The Morgan fingerprint density at radius 2 is 1.56 bits per heavy atom. The van der Waals surface area contributed by atoms with Crippen LogP contribution in [0.15, 0.2) is 48.5 Å². The van der Waals surface area contributed by atoms with E-state index in [1.165, 1.54) is 12.1 Å². The van der Waals surface area contributed by atoms with E-state index in [0.29, 0.717) is 55.3 Å². The van der Waals surface area contributed by atoms with E-state index in [-0.39, 0.29) is 17.7 Å². The number of benzene rings is 2. The normalized spacial score (nSPS) is 27.9. The zero-order valence-corrected chi connectivity index (χ0v) is 25.6. The number of anilines is 1. The number of nitrogens with zero attached hydrogens (tertiary/aromatic N) is 1. The lowest BCUT2D eigenvalue weighted by molar-refractivity contribution is -0.295. The number of alkyl carbamates (subject to hydrolysis) is 1. The number of carbonyl (C=O) groups excluding carboxylic acids is 2. The molecule has 4 aliphatic rings. The molecule has 2 aromatic rings. The first-order chi connectivity index (χ1) is 20.9. The molecule has 4 fully saturated rings. The Hall–Kier alpha value is -3.41. The van der Waals surface area contributed by atoms with E-state index < -0.39 is 60.3 Å². The second-order valence-corrected chi connectivity index (χ2v) is 13.9. The number of rotatable bonds is 8. The van der Waals surface area contributed by atoms with Crippen molar-refractivity contribution in [3.63, 3.8) is 0 Å². The Morgan fingerprint density at radius 3 is 2.09 bits per heavy atom. The fourth-order valence-corrected chi connectivity index (χ4v) is 6.90. The van der Waals surface area contributed by atoms with Gasteiger partial charge in [0, 0.05) is 23.7 Å². The highest BCUT2D eigenvalue weighted by atomic mass is 19.4.